The molecule has 3 aromatic rings. The van der Waals surface area contributed by atoms with Crippen molar-refractivity contribution < 1.29 is 0 Å². The monoisotopic (exact) mass is 360 g/mol. The van der Waals surface area contributed by atoms with E-state index in [4.69, 9.17) is 11.6 Å². The van der Waals surface area contributed by atoms with E-state index in [2.05, 4.69) is 4.98 Å². The maximum atomic E-state index is 12.8. The summed E-state index contributed by atoms with van der Waals surface area (Å²) >= 11 is 9.55. The Morgan fingerprint density at radius 3 is 2.87 bits per heavy atom. The zero-order valence-electron chi connectivity index (χ0n) is 12.1. The molecule has 2 heterocycles. The van der Waals surface area contributed by atoms with Crippen LogP contribution >= 0.6 is 35.1 Å². The van der Waals surface area contributed by atoms with Gasteiger partial charge in [-0.3, -0.25) is 9.36 Å². The van der Waals surface area contributed by atoms with Gasteiger partial charge in [-0.05, 0) is 24.3 Å². The van der Waals surface area contributed by atoms with Crippen LogP contribution in [-0.2, 0) is 0 Å². The first-order valence-electron chi connectivity index (χ1n) is 7.25. The molecule has 0 saturated heterocycles. The fraction of sp³-hybridized carbons (Fsp3) is 0.176. The van der Waals surface area contributed by atoms with E-state index in [0.29, 0.717) is 5.39 Å². The van der Waals surface area contributed by atoms with Crippen molar-refractivity contribution in [1.29, 1.82) is 0 Å². The normalized spacial score (nSPS) is 16.7. The van der Waals surface area contributed by atoms with Crippen LogP contribution in [0, 0.1) is 0 Å². The summed E-state index contributed by atoms with van der Waals surface area (Å²) in [5, 5.41) is 2.26. The van der Waals surface area contributed by atoms with E-state index in [9.17, 15) is 4.79 Å². The van der Waals surface area contributed by atoms with Gasteiger partial charge in [0, 0.05) is 16.4 Å². The van der Waals surface area contributed by atoms with Gasteiger partial charge in [0.2, 0.25) is 0 Å². The average molecular weight is 361 g/mol. The Morgan fingerprint density at radius 1 is 1.22 bits per heavy atom. The average Bonchev–Trinajstić information content (AvgIpc) is 2.98. The fourth-order valence-electron chi connectivity index (χ4n) is 2.67. The lowest BCUT2D eigenvalue weighted by atomic mass is 10.2. The van der Waals surface area contributed by atoms with Gasteiger partial charge in [-0.2, -0.15) is 0 Å². The van der Waals surface area contributed by atoms with Crippen LogP contribution in [0.1, 0.15) is 6.04 Å². The topological polar surface area (TPSA) is 34.9 Å². The second-order valence-electron chi connectivity index (χ2n) is 5.29. The smallest absolute Gasteiger partial charge is 0.262 e. The molecule has 1 aliphatic rings. The molecule has 0 fully saturated rings. The number of benzene rings is 2. The van der Waals surface area contributed by atoms with E-state index in [1.165, 1.54) is 0 Å². The van der Waals surface area contributed by atoms with Crippen molar-refractivity contribution in [3.05, 3.63) is 63.9 Å². The van der Waals surface area contributed by atoms with Crippen LogP contribution in [0.2, 0.25) is 5.02 Å². The zero-order chi connectivity index (χ0) is 15.8. The second-order valence-corrected chi connectivity index (χ2v) is 7.75. The highest BCUT2D eigenvalue weighted by Crippen LogP contribution is 2.36. The number of rotatable bonds is 3. The molecule has 116 valence electrons. The van der Waals surface area contributed by atoms with Crippen LogP contribution in [0.25, 0.3) is 10.9 Å². The summed E-state index contributed by atoms with van der Waals surface area (Å²) in [6.07, 6.45) is 0. The van der Waals surface area contributed by atoms with Crippen LogP contribution in [0.15, 0.2) is 63.4 Å². The van der Waals surface area contributed by atoms with Gasteiger partial charge in [-0.25, -0.2) is 4.98 Å². The molecule has 1 unspecified atom stereocenters. The van der Waals surface area contributed by atoms with Crippen molar-refractivity contribution in [1.82, 2.24) is 9.55 Å². The Morgan fingerprint density at radius 2 is 2.00 bits per heavy atom. The first-order valence-corrected chi connectivity index (χ1v) is 9.60. The summed E-state index contributed by atoms with van der Waals surface area (Å²) in [4.78, 5) is 18.5. The molecule has 1 aliphatic heterocycles. The summed E-state index contributed by atoms with van der Waals surface area (Å²) < 4.78 is 1.84. The van der Waals surface area contributed by atoms with E-state index in [1.54, 1.807) is 23.5 Å². The van der Waals surface area contributed by atoms with Crippen molar-refractivity contribution >= 4 is 46.0 Å². The molecule has 23 heavy (non-hydrogen) atoms. The molecular formula is C17H13ClN2OS2. The number of fused-ring (bicyclic) bond motifs is 2. The first-order chi connectivity index (χ1) is 11.2. The SMILES string of the molecule is O=c1c2ccccc2nc2n1C(CSc1ccccc1Cl)CS2. The minimum Gasteiger partial charge on any atom is -0.282 e. The standard InChI is InChI=1S/C17H13ClN2OS2/c18-13-6-2-4-8-15(13)22-9-11-10-23-17-19-14-7-3-1-5-12(14)16(21)20(11)17/h1-8,11H,9-10H2. The first kappa shape index (κ1) is 15.1. The van der Waals surface area contributed by atoms with Gasteiger partial charge < -0.3 is 0 Å². The molecule has 0 bridgehead atoms. The van der Waals surface area contributed by atoms with Crippen LogP contribution in [0.4, 0.5) is 0 Å². The van der Waals surface area contributed by atoms with Crippen molar-refractivity contribution in [3.8, 4) is 0 Å². The quantitative estimate of drug-likeness (QED) is 0.509. The number of para-hydroxylation sites is 1. The lowest BCUT2D eigenvalue weighted by molar-refractivity contribution is 0.558. The lowest BCUT2D eigenvalue weighted by Gasteiger charge is -2.14. The predicted octanol–water partition coefficient (Wildman–Crippen LogP) is 4.49. The Hall–Kier alpha value is -1.43. The zero-order valence-corrected chi connectivity index (χ0v) is 14.5. The number of thioether (sulfide) groups is 2. The van der Waals surface area contributed by atoms with Crippen molar-refractivity contribution in [2.45, 2.75) is 16.1 Å². The van der Waals surface area contributed by atoms with Gasteiger partial charge in [-0.1, -0.05) is 47.6 Å². The molecule has 2 aromatic carbocycles. The highest BCUT2D eigenvalue weighted by atomic mass is 35.5. The molecule has 6 heteroatoms. The molecule has 4 rings (SSSR count). The van der Waals surface area contributed by atoms with E-state index in [-0.39, 0.29) is 11.6 Å². The third-order valence-corrected chi connectivity index (χ3v) is 6.57. The van der Waals surface area contributed by atoms with Gasteiger partial charge in [0.15, 0.2) is 5.16 Å². The minimum absolute atomic E-state index is 0.0559. The highest BCUT2D eigenvalue weighted by molar-refractivity contribution is 8.00. The Labute approximate surface area is 147 Å². The van der Waals surface area contributed by atoms with Gasteiger partial charge in [-0.15, -0.1) is 11.8 Å². The molecule has 0 amide bonds. The van der Waals surface area contributed by atoms with Crippen molar-refractivity contribution in [3.63, 3.8) is 0 Å². The molecule has 0 radical (unpaired) electrons. The van der Waals surface area contributed by atoms with Crippen LogP contribution in [0.3, 0.4) is 0 Å². The molecule has 3 nitrogen and oxygen atoms in total. The van der Waals surface area contributed by atoms with Crippen LogP contribution in [0.5, 0.6) is 0 Å². The third-order valence-electron chi connectivity index (χ3n) is 3.81. The molecular weight excluding hydrogens is 348 g/mol. The van der Waals surface area contributed by atoms with E-state index in [1.807, 2.05) is 53.1 Å². The minimum atomic E-state index is 0.0559. The molecule has 1 aromatic heterocycles. The number of hydrogen-bond donors (Lipinski definition) is 0. The number of aromatic nitrogens is 2. The summed E-state index contributed by atoms with van der Waals surface area (Å²) in [7, 11) is 0. The van der Waals surface area contributed by atoms with Gasteiger partial charge in [0.25, 0.3) is 5.56 Å². The fourth-order valence-corrected chi connectivity index (χ4v) is 5.28. The summed E-state index contributed by atoms with van der Waals surface area (Å²) in [5.41, 5.74) is 0.830. The van der Waals surface area contributed by atoms with Crippen LogP contribution < -0.4 is 5.56 Å². The second kappa shape index (κ2) is 6.23. The van der Waals surface area contributed by atoms with Gasteiger partial charge in [0.1, 0.15) is 0 Å². The number of halogens is 1. The lowest BCUT2D eigenvalue weighted by Crippen LogP contribution is -2.25. The molecule has 1 atom stereocenters. The molecule has 0 spiro atoms. The highest BCUT2D eigenvalue weighted by Gasteiger charge is 2.26. The Kier molecular flexibility index (Phi) is 4.09. The summed E-state index contributed by atoms with van der Waals surface area (Å²) in [5.74, 6) is 1.68. The van der Waals surface area contributed by atoms with Crippen molar-refractivity contribution in [2.75, 3.05) is 11.5 Å². The van der Waals surface area contributed by atoms with Crippen molar-refractivity contribution in [2.24, 2.45) is 0 Å². The Bertz CT molecular complexity index is 941. The van der Waals surface area contributed by atoms with Gasteiger partial charge in [0.05, 0.1) is 22.0 Å². The number of nitrogens with zero attached hydrogens (tertiary/aromatic N) is 2. The largest absolute Gasteiger partial charge is 0.282 e. The summed E-state index contributed by atoms with van der Waals surface area (Å²) in [6.45, 7) is 0. The molecule has 0 N–H and O–H groups in total. The predicted molar refractivity (Wildman–Crippen MR) is 97.9 cm³/mol. The van der Waals surface area contributed by atoms with E-state index in [0.717, 1.165) is 32.1 Å². The van der Waals surface area contributed by atoms with E-state index >= 15 is 0 Å². The number of hydrogen-bond acceptors (Lipinski definition) is 4. The van der Waals surface area contributed by atoms with Gasteiger partial charge >= 0.3 is 0 Å². The maximum absolute atomic E-state index is 12.8. The maximum Gasteiger partial charge on any atom is 0.262 e. The summed E-state index contributed by atoms with van der Waals surface area (Å²) in [6, 6.07) is 15.5. The third kappa shape index (κ3) is 2.77. The Balaban J connectivity index is 1.66. The molecule has 0 aliphatic carbocycles. The van der Waals surface area contributed by atoms with Crippen LogP contribution in [-0.4, -0.2) is 21.1 Å². The molecule has 0 saturated carbocycles. The van der Waals surface area contributed by atoms with E-state index < -0.39 is 0 Å².